The monoisotopic (exact) mass is 217 g/mol. The molecule has 2 nitrogen and oxygen atoms in total. The van der Waals surface area contributed by atoms with E-state index in [-0.39, 0.29) is 6.10 Å². The quantitative estimate of drug-likeness (QED) is 0.761. The maximum absolute atomic E-state index is 9.48. The molecule has 0 amide bonds. The molecule has 86 valence electrons. The molecule has 1 aromatic carbocycles. The van der Waals surface area contributed by atoms with E-state index in [4.69, 9.17) is 0 Å². The van der Waals surface area contributed by atoms with Crippen LogP contribution in [0, 0.1) is 0 Å². The fourth-order valence-electron chi connectivity index (χ4n) is 2.02. The first-order valence-corrected chi connectivity index (χ1v) is 5.98. The van der Waals surface area contributed by atoms with Crippen LogP contribution >= 0.6 is 0 Å². The van der Waals surface area contributed by atoms with Crippen molar-refractivity contribution < 1.29 is 5.11 Å². The van der Waals surface area contributed by atoms with E-state index in [0.29, 0.717) is 6.04 Å². The zero-order valence-corrected chi connectivity index (χ0v) is 9.47. The van der Waals surface area contributed by atoms with E-state index in [1.165, 1.54) is 5.56 Å². The van der Waals surface area contributed by atoms with Crippen LogP contribution in [0.1, 0.15) is 24.8 Å². The van der Waals surface area contributed by atoms with Crippen LogP contribution < -0.4 is 5.32 Å². The zero-order chi connectivity index (χ0) is 11.2. The van der Waals surface area contributed by atoms with Crippen LogP contribution in [-0.2, 0) is 6.54 Å². The number of benzene rings is 1. The number of nitrogens with one attached hydrogen (secondary N) is 1. The Hall–Kier alpha value is -1.12. The molecule has 2 N–H and O–H groups in total. The van der Waals surface area contributed by atoms with E-state index < -0.39 is 0 Å². The van der Waals surface area contributed by atoms with Crippen molar-refractivity contribution in [3.05, 3.63) is 48.0 Å². The molecule has 1 aliphatic carbocycles. The molecular formula is C14H19NO. The molecule has 0 fully saturated rings. The lowest BCUT2D eigenvalue weighted by atomic mass is 10.1. The van der Waals surface area contributed by atoms with Crippen LogP contribution in [0.3, 0.4) is 0 Å². The highest BCUT2D eigenvalue weighted by atomic mass is 16.3. The maximum atomic E-state index is 9.48. The van der Waals surface area contributed by atoms with Crippen molar-refractivity contribution in [2.24, 2.45) is 0 Å². The second-order valence-electron chi connectivity index (χ2n) is 4.36. The number of aliphatic hydroxyl groups excluding tert-OH is 1. The SMILES string of the molecule is O[C@H]1C=C[C@@H](NCc2ccccc2)CCC1. The summed E-state index contributed by atoms with van der Waals surface area (Å²) in [6.07, 6.45) is 6.85. The summed E-state index contributed by atoms with van der Waals surface area (Å²) in [5.41, 5.74) is 1.31. The number of rotatable bonds is 3. The van der Waals surface area contributed by atoms with Gasteiger partial charge in [-0.2, -0.15) is 0 Å². The van der Waals surface area contributed by atoms with Gasteiger partial charge in [0.1, 0.15) is 0 Å². The van der Waals surface area contributed by atoms with Crippen LogP contribution in [0.15, 0.2) is 42.5 Å². The summed E-state index contributed by atoms with van der Waals surface area (Å²) in [5.74, 6) is 0. The van der Waals surface area contributed by atoms with Crippen molar-refractivity contribution in [2.45, 2.75) is 38.0 Å². The van der Waals surface area contributed by atoms with E-state index in [1.54, 1.807) is 0 Å². The third-order valence-corrected chi connectivity index (χ3v) is 2.99. The summed E-state index contributed by atoms with van der Waals surface area (Å²) in [5, 5.41) is 13.0. The molecule has 0 saturated carbocycles. The fourth-order valence-corrected chi connectivity index (χ4v) is 2.02. The van der Waals surface area contributed by atoms with Crippen molar-refractivity contribution in [1.82, 2.24) is 5.32 Å². The average Bonchev–Trinajstić information content (AvgIpc) is 2.53. The second kappa shape index (κ2) is 5.83. The summed E-state index contributed by atoms with van der Waals surface area (Å²) in [7, 11) is 0. The molecule has 0 spiro atoms. The van der Waals surface area contributed by atoms with Gasteiger partial charge in [-0.1, -0.05) is 42.5 Å². The Kier molecular flexibility index (Phi) is 4.14. The van der Waals surface area contributed by atoms with Crippen LogP contribution in [0.4, 0.5) is 0 Å². The first-order chi connectivity index (χ1) is 7.84. The highest BCUT2D eigenvalue weighted by Gasteiger charge is 2.10. The van der Waals surface area contributed by atoms with E-state index in [2.05, 4.69) is 35.7 Å². The minimum atomic E-state index is -0.247. The zero-order valence-electron chi connectivity index (χ0n) is 9.47. The summed E-state index contributed by atoms with van der Waals surface area (Å²) in [6, 6.07) is 10.8. The third-order valence-electron chi connectivity index (χ3n) is 2.99. The number of hydrogen-bond donors (Lipinski definition) is 2. The topological polar surface area (TPSA) is 32.3 Å². The van der Waals surface area contributed by atoms with E-state index >= 15 is 0 Å². The van der Waals surface area contributed by atoms with Gasteiger partial charge in [-0.25, -0.2) is 0 Å². The Labute approximate surface area is 97.0 Å². The van der Waals surface area contributed by atoms with E-state index in [0.717, 1.165) is 25.8 Å². The van der Waals surface area contributed by atoms with Gasteiger partial charge < -0.3 is 10.4 Å². The van der Waals surface area contributed by atoms with Crippen molar-refractivity contribution in [1.29, 1.82) is 0 Å². The van der Waals surface area contributed by atoms with Gasteiger partial charge in [-0.05, 0) is 24.8 Å². The van der Waals surface area contributed by atoms with Gasteiger partial charge in [0.2, 0.25) is 0 Å². The highest BCUT2D eigenvalue weighted by Crippen LogP contribution is 2.12. The van der Waals surface area contributed by atoms with Crippen LogP contribution in [0.2, 0.25) is 0 Å². The van der Waals surface area contributed by atoms with E-state index in [9.17, 15) is 5.11 Å². The molecule has 1 aromatic rings. The lowest BCUT2D eigenvalue weighted by Gasteiger charge is -2.13. The predicted molar refractivity (Wildman–Crippen MR) is 66.1 cm³/mol. The molecule has 0 bridgehead atoms. The maximum Gasteiger partial charge on any atom is 0.0721 e. The molecule has 0 aliphatic heterocycles. The largest absolute Gasteiger partial charge is 0.389 e. The third kappa shape index (κ3) is 3.47. The average molecular weight is 217 g/mol. The van der Waals surface area contributed by atoms with Gasteiger partial charge in [0.05, 0.1) is 6.10 Å². The summed E-state index contributed by atoms with van der Waals surface area (Å²) >= 11 is 0. The molecular weight excluding hydrogens is 198 g/mol. The molecule has 2 rings (SSSR count). The Morgan fingerprint density at radius 2 is 1.94 bits per heavy atom. The molecule has 0 radical (unpaired) electrons. The molecule has 0 heterocycles. The standard InChI is InChI=1S/C14H19NO/c16-14-8-4-7-13(9-10-14)15-11-12-5-2-1-3-6-12/h1-3,5-6,9-10,13-16H,4,7-8,11H2/t13-,14+/m0/s1. The Morgan fingerprint density at radius 1 is 1.12 bits per heavy atom. The van der Waals surface area contributed by atoms with Crippen LogP contribution in [-0.4, -0.2) is 17.3 Å². The molecule has 16 heavy (non-hydrogen) atoms. The summed E-state index contributed by atoms with van der Waals surface area (Å²) < 4.78 is 0. The van der Waals surface area contributed by atoms with Gasteiger partial charge in [0.15, 0.2) is 0 Å². The van der Waals surface area contributed by atoms with Gasteiger partial charge in [0.25, 0.3) is 0 Å². The molecule has 0 unspecified atom stereocenters. The Morgan fingerprint density at radius 3 is 2.75 bits per heavy atom. The lowest BCUT2D eigenvalue weighted by molar-refractivity contribution is 0.211. The van der Waals surface area contributed by atoms with E-state index in [1.807, 2.05) is 12.1 Å². The normalized spacial score (nSPS) is 25.3. The highest BCUT2D eigenvalue weighted by molar-refractivity contribution is 5.14. The van der Waals surface area contributed by atoms with Crippen molar-refractivity contribution in [3.63, 3.8) is 0 Å². The first kappa shape index (κ1) is 11.4. The molecule has 1 aliphatic rings. The van der Waals surface area contributed by atoms with Crippen LogP contribution in [0.5, 0.6) is 0 Å². The summed E-state index contributed by atoms with van der Waals surface area (Å²) in [4.78, 5) is 0. The first-order valence-electron chi connectivity index (χ1n) is 5.98. The lowest BCUT2D eigenvalue weighted by Crippen LogP contribution is -2.26. The predicted octanol–water partition coefficient (Wildman–Crippen LogP) is 2.25. The molecule has 0 aromatic heterocycles. The Balaban J connectivity index is 1.84. The smallest absolute Gasteiger partial charge is 0.0721 e. The van der Waals surface area contributed by atoms with Gasteiger partial charge in [0, 0.05) is 12.6 Å². The molecule has 2 heteroatoms. The van der Waals surface area contributed by atoms with Gasteiger partial charge in [-0.15, -0.1) is 0 Å². The van der Waals surface area contributed by atoms with Crippen molar-refractivity contribution in [3.8, 4) is 0 Å². The second-order valence-corrected chi connectivity index (χ2v) is 4.36. The molecule has 0 saturated heterocycles. The minimum absolute atomic E-state index is 0.247. The number of aliphatic hydroxyl groups is 1. The van der Waals surface area contributed by atoms with Gasteiger partial charge in [-0.3, -0.25) is 0 Å². The van der Waals surface area contributed by atoms with Crippen LogP contribution in [0.25, 0.3) is 0 Å². The minimum Gasteiger partial charge on any atom is -0.389 e. The fraction of sp³-hybridized carbons (Fsp3) is 0.429. The summed E-state index contributed by atoms with van der Waals surface area (Å²) in [6.45, 7) is 0.895. The van der Waals surface area contributed by atoms with Crippen molar-refractivity contribution in [2.75, 3.05) is 0 Å². The molecule has 2 atom stereocenters. The van der Waals surface area contributed by atoms with Crippen molar-refractivity contribution >= 4 is 0 Å². The number of hydrogen-bond acceptors (Lipinski definition) is 2. The van der Waals surface area contributed by atoms with Gasteiger partial charge >= 0.3 is 0 Å². The Bertz CT molecular complexity index is 334.